The highest BCUT2D eigenvalue weighted by atomic mass is 15.1. The molecule has 0 fully saturated rings. The minimum atomic E-state index is 0.820. The first-order chi connectivity index (χ1) is 4.93. The maximum Gasteiger partial charge on any atom is 0.0163 e. The third-order valence-corrected chi connectivity index (χ3v) is 1.82. The van der Waals surface area contributed by atoms with Gasteiger partial charge in [-0.3, -0.25) is 4.90 Å². The number of nitrogens with zero attached hydrogens (tertiary/aromatic N) is 1. The van der Waals surface area contributed by atoms with Crippen LogP contribution in [0.2, 0.25) is 0 Å². The van der Waals surface area contributed by atoms with E-state index in [1.54, 1.807) is 0 Å². The van der Waals surface area contributed by atoms with Crippen LogP contribution in [0.1, 0.15) is 12.8 Å². The molecule has 2 N–H and O–H groups in total. The van der Waals surface area contributed by atoms with E-state index in [4.69, 9.17) is 5.73 Å². The fourth-order valence-corrected chi connectivity index (χ4v) is 1.21. The zero-order valence-electron chi connectivity index (χ0n) is 6.42. The van der Waals surface area contributed by atoms with Crippen LogP contribution in [0.3, 0.4) is 0 Å². The second-order valence-corrected chi connectivity index (χ2v) is 2.70. The minimum absolute atomic E-state index is 0.820. The predicted molar refractivity (Wildman–Crippen MR) is 43.9 cm³/mol. The summed E-state index contributed by atoms with van der Waals surface area (Å²) in [6.45, 7) is 4.33. The van der Waals surface area contributed by atoms with E-state index < -0.39 is 0 Å². The van der Waals surface area contributed by atoms with Gasteiger partial charge in [-0.05, 0) is 25.9 Å². The van der Waals surface area contributed by atoms with Crippen molar-refractivity contribution in [1.82, 2.24) is 4.90 Å². The zero-order valence-corrected chi connectivity index (χ0v) is 6.42. The van der Waals surface area contributed by atoms with Gasteiger partial charge in [-0.15, -0.1) is 0 Å². The summed E-state index contributed by atoms with van der Waals surface area (Å²) in [5.74, 6) is 0. The molecule has 0 radical (unpaired) electrons. The fraction of sp³-hybridized carbons (Fsp3) is 0.750. The normalized spacial score (nSPS) is 19.7. The van der Waals surface area contributed by atoms with E-state index in [9.17, 15) is 0 Å². The van der Waals surface area contributed by atoms with Crippen LogP contribution in [0.25, 0.3) is 0 Å². The smallest absolute Gasteiger partial charge is 0.0163 e. The molecule has 0 aromatic carbocycles. The van der Waals surface area contributed by atoms with Crippen LogP contribution >= 0.6 is 0 Å². The molecule has 0 saturated heterocycles. The molecule has 1 aliphatic rings. The summed E-state index contributed by atoms with van der Waals surface area (Å²) in [5.41, 5.74) is 5.40. The van der Waals surface area contributed by atoms with Crippen LogP contribution < -0.4 is 5.73 Å². The van der Waals surface area contributed by atoms with Gasteiger partial charge in [-0.2, -0.15) is 0 Å². The molecule has 2 heteroatoms. The molecule has 0 saturated carbocycles. The lowest BCUT2D eigenvalue weighted by molar-refractivity contribution is 0.296. The summed E-state index contributed by atoms with van der Waals surface area (Å²) >= 11 is 0. The number of hydrogen-bond donors (Lipinski definition) is 1. The SMILES string of the molecule is NCCCN1CC=CCC1. The summed E-state index contributed by atoms with van der Waals surface area (Å²) < 4.78 is 0. The van der Waals surface area contributed by atoms with Crippen molar-refractivity contribution in [2.45, 2.75) is 12.8 Å². The second kappa shape index (κ2) is 4.47. The average Bonchev–Trinajstić information content (AvgIpc) is 2.03. The number of hydrogen-bond acceptors (Lipinski definition) is 2. The van der Waals surface area contributed by atoms with Gasteiger partial charge in [0.1, 0.15) is 0 Å². The minimum Gasteiger partial charge on any atom is -0.330 e. The molecule has 0 aromatic heterocycles. The maximum atomic E-state index is 5.40. The van der Waals surface area contributed by atoms with Crippen LogP contribution in [0.5, 0.6) is 0 Å². The lowest BCUT2D eigenvalue weighted by Gasteiger charge is -2.22. The van der Waals surface area contributed by atoms with Gasteiger partial charge in [-0.25, -0.2) is 0 Å². The van der Waals surface area contributed by atoms with Crippen LogP contribution in [0.15, 0.2) is 12.2 Å². The van der Waals surface area contributed by atoms with Crippen molar-refractivity contribution in [2.75, 3.05) is 26.2 Å². The highest BCUT2D eigenvalue weighted by Gasteiger charge is 2.03. The van der Waals surface area contributed by atoms with E-state index in [0.717, 1.165) is 19.5 Å². The van der Waals surface area contributed by atoms with Gasteiger partial charge in [0.2, 0.25) is 0 Å². The molecule has 1 heterocycles. The fourth-order valence-electron chi connectivity index (χ4n) is 1.21. The molecule has 0 amide bonds. The Kier molecular flexibility index (Phi) is 3.47. The van der Waals surface area contributed by atoms with Crippen molar-refractivity contribution < 1.29 is 0 Å². The monoisotopic (exact) mass is 140 g/mol. The molecule has 0 bridgehead atoms. The molecule has 0 unspecified atom stereocenters. The lowest BCUT2D eigenvalue weighted by atomic mass is 10.2. The maximum absolute atomic E-state index is 5.40. The number of nitrogens with two attached hydrogens (primary N) is 1. The van der Waals surface area contributed by atoms with Crippen molar-refractivity contribution in [1.29, 1.82) is 0 Å². The molecule has 58 valence electrons. The van der Waals surface area contributed by atoms with Crippen molar-refractivity contribution in [2.24, 2.45) is 5.73 Å². The van der Waals surface area contributed by atoms with Crippen molar-refractivity contribution >= 4 is 0 Å². The number of rotatable bonds is 3. The topological polar surface area (TPSA) is 29.3 Å². The third-order valence-electron chi connectivity index (χ3n) is 1.82. The largest absolute Gasteiger partial charge is 0.330 e. The van der Waals surface area contributed by atoms with Gasteiger partial charge in [0.05, 0.1) is 0 Å². The summed E-state index contributed by atoms with van der Waals surface area (Å²) in [4.78, 5) is 2.44. The van der Waals surface area contributed by atoms with Gasteiger partial charge in [0, 0.05) is 13.1 Å². The van der Waals surface area contributed by atoms with E-state index in [-0.39, 0.29) is 0 Å². The van der Waals surface area contributed by atoms with Crippen LogP contribution in [-0.4, -0.2) is 31.1 Å². The summed E-state index contributed by atoms with van der Waals surface area (Å²) in [6.07, 6.45) is 6.83. The van der Waals surface area contributed by atoms with E-state index >= 15 is 0 Å². The Morgan fingerprint density at radius 3 is 2.90 bits per heavy atom. The first-order valence-corrected chi connectivity index (χ1v) is 4.01. The van der Waals surface area contributed by atoms with Crippen LogP contribution in [0, 0.1) is 0 Å². The van der Waals surface area contributed by atoms with Crippen molar-refractivity contribution in [3.8, 4) is 0 Å². The highest BCUT2D eigenvalue weighted by Crippen LogP contribution is 2.00. The Morgan fingerprint density at radius 1 is 1.40 bits per heavy atom. The average molecular weight is 140 g/mol. The predicted octanol–water partition coefficient (Wildman–Crippen LogP) is 0.597. The van der Waals surface area contributed by atoms with E-state index in [1.807, 2.05) is 0 Å². The summed E-state index contributed by atoms with van der Waals surface area (Å²) in [6, 6.07) is 0. The molecule has 10 heavy (non-hydrogen) atoms. The summed E-state index contributed by atoms with van der Waals surface area (Å²) in [5, 5.41) is 0. The molecule has 2 nitrogen and oxygen atoms in total. The molecule has 0 spiro atoms. The van der Waals surface area contributed by atoms with Crippen molar-refractivity contribution in [3.63, 3.8) is 0 Å². The van der Waals surface area contributed by atoms with Gasteiger partial charge in [0.15, 0.2) is 0 Å². The van der Waals surface area contributed by atoms with E-state index in [2.05, 4.69) is 17.1 Å². The first kappa shape index (κ1) is 7.76. The molecule has 0 atom stereocenters. The highest BCUT2D eigenvalue weighted by molar-refractivity contribution is 4.90. The van der Waals surface area contributed by atoms with Gasteiger partial charge in [-0.1, -0.05) is 12.2 Å². The Bertz CT molecular complexity index is 110. The lowest BCUT2D eigenvalue weighted by Crippen LogP contribution is -2.29. The quantitative estimate of drug-likeness (QED) is 0.582. The Labute approximate surface area is 62.7 Å². The third kappa shape index (κ3) is 2.50. The van der Waals surface area contributed by atoms with Crippen molar-refractivity contribution in [3.05, 3.63) is 12.2 Å². The van der Waals surface area contributed by atoms with Gasteiger partial charge in [0.25, 0.3) is 0 Å². The Hall–Kier alpha value is -0.340. The van der Waals surface area contributed by atoms with Crippen LogP contribution in [-0.2, 0) is 0 Å². The summed E-state index contributed by atoms with van der Waals surface area (Å²) in [7, 11) is 0. The molecular weight excluding hydrogens is 124 g/mol. The second-order valence-electron chi connectivity index (χ2n) is 2.70. The Balaban J connectivity index is 2.10. The molecule has 1 aliphatic heterocycles. The molecule has 1 rings (SSSR count). The molecule has 0 aliphatic carbocycles. The van der Waals surface area contributed by atoms with Crippen LogP contribution in [0.4, 0.5) is 0 Å². The van der Waals surface area contributed by atoms with E-state index in [1.165, 1.54) is 19.5 Å². The zero-order chi connectivity index (χ0) is 7.23. The first-order valence-electron chi connectivity index (χ1n) is 4.01. The Morgan fingerprint density at radius 2 is 2.30 bits per heavy atom. The molecular formula is C8H16N2. The standard InChI is InChI=1S/C8H16N2/c9-5-4-8-10-6-2-1-3-7-10/h1-2H,3-9H2. The van der Waals surface area contributed by atoms with Gasteiger partial charge >= 0.3 is 0 Å². The van der Waals surface area contributed by atoms with E-state index in [0.29, 0.717) is 0 Å². The van der Waals surface area contributed by atoms with Gasteiger partial charge < -0.3 is 5.73 Å². The molecule has 0 aromatic rings.